The number of hydrogen-bond donors (Lipinski definition) is 1. The lowest BCUT2D eigenvalue weighted by Gasteiger charge is -2.35. The van der Waals surface area contributed by atoms with Crippen molar-refractivity contribution in [2.45, 2.75) is 0 Å². The highest BCUT2D eigenvalue weighted by Gasteiger charge is 2.27. The number of ether oxygens (including phenoxy) is 1. The van der Waals surface area contributed by atoms with Crippen LogP contribution in [0, 0.1) is 0 Å². The molecule has 0 saturated carbocycles. The van der Waals surface area contributed by atoms with Gasteiger partial charge in [0.1, 0.15) is 18.9 Å². The first-order chi connectivity index (χ1) is 12.7. The van der Waals surface area contributed by atoms with E-state index in [9.17, 15) is 4.79 Å². The topological polar surface area (TPSA) is 87.9 Å². The van der Waals surface area contributed by atoms with Crippen molar-refractivity contribution in [3.63, 3.8) is 0 Å². The van der Waals surface area contributed by atoms with Crippen molar-refractivity contribution >= 4 is 41.5 Å². The molecule has 1 fully saturated rings. The minimum Gasteiger partial charge on any atom is -0.490 e. The average molecular weight is 485 g/mol. The molecule has 1 N–H and O–H groups in total. The minimum atomic E-state index is 0. The Morgan fingerprint density at radius 3 is 2.85 bits per heavy atom. The zero-order chi connectivity index (χ0) is 18.4. The number of aromatic nitrogens is 3. The summed E-state index contributed by atoms with van der Waals surface area (Å²) < 4.78 is 7.30. The molecule has 9 nitrogen and oxygen atoms in total. The maximum Gasteiger partial charge on any atom is 0.246 e. The van der Waals surface area contributed by atoms with Gasteiger partial charge in [-0.15, -0.1) is 24.0 Å². The number of carbonyl (C=O) groups is 1. The van der Waals surface area contributed by atoms with Crippen LogP contribution in [-0.4, -0.2) is 71.4 Å². The second kappa shape index (κ2) is 10.1. The monoisotopic (exact) mass is 485 g/mol. The molecule has 0 atom stereocenters. The molecule has 0 unspecified atom stereocenters. The third-order valence-electron chi connectivity index (χ3n) is 4.02. The van der Waals surface area contributed by atoms with Crippen LogP contribution in [0.2, 0.25) is 0 Å². The first kappa shape index (κ1) is 20.9. The predicted molar refractivity (Wildman–Crippen MR) is 114 cm³/mol. The van der Waals surface area contributed by atoms with Gasteiger partial charge in [0.15, 0.2) is 5.96 Å². The number of rotatable bonds is 5. The number of pyridine rings is 1. The van der Waals surface area contributed by atoms with Gasteiger partial charge in [0, 0.05) is 39.6 Å². The van der Waals surface area contributed by atoms with Gasteiger partial charge in [0.05, 0.1) is 24.6 Å². The quantitative estimate of drug-likeness (QED) is 0.291. The number of nitrogens with one attached hydrogen (secondary N) is 1. The van der Waals surface area contributed by atoms with Gasteiger partial charge in [-0.3, -0.25) is 19.5 Å². The summed E-state index contributed by atoms with van der Waals surface area (Å²) in [6.07, 6.45) is 6.92. The number of piperazine rings is 1. The standard InChI is InChI=1S/C17H23N7O2.HI/c1-18-17(20-6-9-26-15-4-3-5-19-11-15)23-7-8-24(16(25)13-23)14-10-21-22(2)12-14;/h3-5,10-12H,6-9,13H2,1-2H3,(H,18,20);1H. The van der Waals surface area contributed by atoms with Crippen molar-refractivity contribution in [3.05, 3.63) is 36.9 Å². The number of halogens is 1. The van der Waals surface area contributed by atoms with Crippen LogP contribution < -0.4 is 15.0 Å². The molecule has 0 radical (unpaired) electrons. The van der Waals surface area contributed by atoms with Crippen LogP contribution in [0.5, 0.6) is 5.75 Å². The molecule has 3 rings (SSSR count). The Morgan fingerprint density at radius 1 is 1.37 bits per heavy atom. The van der Waals surface area contributed by atoms with E-state index in [4.69, 9.17) is 4.74 Å². The van der Waals surface area contributed by atoms with E-state index < -0.39 is 0 Å². The minimum absolute atomic E-state index is 0. The largest absolute Gasteiger partial charge is 0.490 e. The highest BCUT2D eigenvalue weighted by molar-refractivity contribution is 14.0. The molecule has 2 aromatic heterocycles. The van der Waals surface area contributed by atoms with Crippen LogP contribution in [0.3, 0.4) is 0 Å². The normalized spacial score (nSPS) is 14.7. The van der Waals surface area contributed by atoms with Gasteiger partial charge in [-0.25, -0.2) is 0 Å². The maximum absolute atomic E-state index is 12.5. The van der Waals surface area contributed by atoms with Gasteiger partial charge >= 0.3 is 0 Å². The maximum atomic E-state index is 12.5. The van der Waals surface area contributed by atoms with Crippen LogP contribution in [0.25, 0.3) is 0 Å². The molecule has 0 aromatic carbocycles. The third-order valence-corrected chi connectivity index (χ3v) is 4.02. The molecule has 1 aliphatic rings. The highest BCUT2D eigenvalue weighted by Crippen LogP contribution is 2.16. The summed E-state index contributed by atoms with van der Waals surface area (Å²) in [4.78, 5) is 24.5. The fraction of sp³-hybridized carbons (Fsp3) is 0.412. The molecule has 10 heteroatoms. The van der Waals surface area contributed by atoms with Crippen LogP contribution in [0.1, 0.15) is 0 Å². The molecule has 146 valence electrons. The summed E-state index contributed by atoms with van der Waals surface area (Å²) in [5.41, 5.74) is 0.824. The first-order valence-electron chi connectivity index (χ1n) is 8.45. The highest BCUT2D eigenvalue weighted by atomic mass is 127. The number of amides is 1. The van der Waals surface area contributed by atoms with Crippen LogP contribution in [0.15, 0.2) is 41.9 Å². The summed E-state index contributed by atoms with van der Waals surface area (Å²) in [5.74, 6) is 1.45. The Hall–Kier alpha value is -2.37. The van der Waals surface area contributed by atoms with Gasteiger partial charge in [-0.05, 0) is 12.1 Å². The second-order valence-electron chi connectivity index (χ2n) is 5.85. The summed E-state index contributed by atoms with van der Waals surface area (Å²) in [6.45, 7) is 2.63. The van der Waals surface area contributed by atoms with E-state index in [1.54, 1.807) is 35.2 Å². The van der Waals surface area contributed by atoms with Gasteiger partial charge < -0.3 is 19.9 Å². The van der Waals surface area contributed by atoms with E-state index in [-0.39, 0.29) is 36.4 Å². The second-order valence-corrected chi connectivity index (χ2v) is 5.85. The van der Waals surface area contributed by atoms with Crippen molar-refractivity contribution in [2.24, 2.45) is 12.0 Å². The Morgan fingerprint density at radius 2 is 2.22 bits per heavy atom. The summed E-state index contributed by atoms with van der Waals surface area (Å²) >= 11 is 0. The van der Waals surface area contributed by atoms with E-state index in [2.05, 4.69) is 20.4 Å². The zero-order valence-electron chi connectivity index (χ0n) is 15.4. The fourth-order valence-electron chi connectivity index (χ4n) is 2.77. The van der Waals surface area contributed by atoms with E-state index >= 15 is 0 Å². The number of aryl methyl sites for hydroxylation is 1. The number of guanidine groups is 1. The van der Waals surface area contributed by atoms with E-state index in [1.807, 2.05) is 30.3 Å². The molecular weight excluding hydrogens is 461 g/mol. The van der Waals surface area contributed by atoms with Crippen molar-refractivity contribution in [1.29, 1.82) is 0 Å². The van der Waals surface area contributed by atoms with Crippen LogP contribution in [-0.2, 0) is 11.8 Å². The Labute approximate surface area is 175 Å². The molecule has 0 aliphatic carbocycles. The first-order valence-corrected chi connectivity index (χ1v) is 8.45. The number of nitrogens with zero attached hydrogens (tertiary/aromatic N) is 6. The number of hydrogen-bond acceptors (Lipinski definition) is 5. The van der Waals surface area contributed by atoms with Crippen molar-refractivity contribution < 1.29 is 9.53 Å². The third kappa shape index (κ3) is 5.55. The molecular formula is C17H24IN7O2. The lowest BCUT2D eigenvalue weighted by atomic mass is 10.3. The lowest BCUT2D eigenvalue weighted by molar-refractivity contribution is -0.120. The molecule has 27 heavy (non-hydrogen) atoms. The lowest BCUT2D eigenvalue weighted by Crippen LogP contribution is -2.55. The molecule has 2 aromatic rings. The summed E-state index contributed by atoms with van der Waals surface area (Å²) in [5, 5.41) is 7.36. The van der Waals surface area contributed by atoms with Crippen molar-refractivity contribution in [1.82, 2.24) is 25.0 Å². The van der Waals surface area contributed by atoms with Crippen LogP contribution in [0.4, 0.5) is 5.69 Å². The molecule has 1 saturated heterocycles. The van der Waals surface area contributed by atoms with Gasteiger partial charge in [0.25, 0.3) is 0 Å². The fourth-order valence-corrected chi connectivity index (χ4v) is 2.77. The Kier molecular flexibility index (Phi) is 7.82. The molecule has 1 aliphatic heterocycles. The smallest absolute Gasteiger partial charge is 0.246 e. The number of carbonyl (C=O) groups excluding carboxylic acids is 1. The Bertz CT molecular complexity index is 766. The average Bonchev–Trinajstić information content (AvgIpc) is 3.08. The summed E-state index contributed by atoms with van der Waals surface area (Å²) in [6, 6.07) is 3.69. The van der Waals surface area contributed by atoms with Gasteiger partial charge in [0.2, 0.25) is 5.91 Å². The van der Waals surface area contributed by atoms with Crippen molar-refractivity contribution in [2.75, 3.05) is 44.7 Å². The Balaban J connectivity index is 0.00000261. The van der Waals surface area contributed by atoms with Crippen molar-refractivity contribution in [3.8, 4) is 5.75 Å². The van der Waals surface area contributed by atoms with Crippen LogP contribution >= 0.6 is 24.0 Å². The molecule has 3 heterocycles. The molecule has 0 bridgehead atoms. The summed E-state index contributed by atoms with van der Waals surface area (Å²) in [7, 11) is 3.55. The number of aliphatic imine (C=N–C) groups is 1. The van der Waals surface area contributed by atoms with Gasteiger partial charge in [-0.2, -0.15) is 5.10 Å². The molecule has 0 spiro atoms. The van der Waals surface area contributed by atoms with Gasteiger partial charge in [-0.1, -0.05) is 0 Å². The number of anilines is 1. The molecule has 1 amide bonds. The van der Waals surface area contributed by atoms with E-state index in [0.717, 1.165) is 11.4 Å². The van der Waals surface area contributed by atoms with E-state index in [0.29, 0.717) is 32.2 Å². The van der Waals surface area contributed by atoms with E-state index in [1.165, 1.54) is 0 Å². The predicted octanol–water partition coefficient (Wildman–Crippen LogP) is 0.736. The SMILES string of the molecule is CN=C(NCCOc1cccnc1)N1CCN(c2cnn(C)c2)C(=O)C1.I. The zero-order valence-corrected chi connectivity index (χ0v) is 17.7.